The van der Waals surface area contributed by atoms with E-state index in [0.29, 0.717) is 12.1 Å². The van der Waals surface area contributed by atoms with E-state index in [1.165, 1.54) is 24.8 Å². The Bertz CT molecular complexity index is 394. The summed E-state index contributed by atoms with van der Waals surface area (Å²) in [6, 6.07) is 9.60. The van der Waals surface area contributed by atoms with Gasteiger partial charge >= 0.3 is 0 Å². The van der Waals surface area contributed by atoms with Gasteiger partial charge in [0.05, 0.1) is 7.11 Å². The van der Waals surface area contributed by atoms with Crippen LogP contribution in [0.3, 0.4) is 0 Å². The van der Waals surface area contributed by atoms with E-state index in [-0.39, 0.29) is 0 Å². The second-order valence-corrected chi connectivity index (χ2v) is 5.39. The van der Waals surface area contributed by atoms with Crippen LogP contribution in [0.2, 0.25) is 0 Å². The number of benzene rings is 1. The van der Waals surface area contributed by atoms with Crippen LogP contribution in [0.4, 0.5) is 0 Å². The molecule has 2 unspecified atom stereocenters. The highest BCUT2D eigenvalue weighted by atomic mass is 16.5. The summed E-state index contributed by atoms with van der Waals surface area (Å²) in [5, 5.41) is 3.62. The lowest BCUT2D eigenvalue weighted by molar-refractivity contribution is 0.202. The van der Waals surface area contributed by atoms with Crippen molar-refractivity contribution in [3.05, 3.63) is 29.8 Å². The van der Waals surface area contributed by atoms with E-state index in [9.17, 15) is 0 Å². The maximum Gasteiger partial charge on any atom is 0.123 e. The first-order valence-corrected chi connectivity index (χ1v) is 7.31. The van der Waals surface area contributed by atoms with E-state index in [0.717, 1.165) is 18.8 Å². The van der Waals surface area contributed by atoms with E-state index in [4.69, 9.17) is 4.74 Å². The number of ether oxygens (including phenoxy) is 1. The molecule has 0 bridgehead atoms. The van der Waals surface area contributed by atoms with E-state index in [1.807, 2.05) is 12.1 Å². The maximum atomic E-state index is 5.44. The Balaban J connectivity index is 2.01. The summed E-state index contributed by atoms with van der Waals surface area (Å²) in [5.41, 5.74) is 1.27. The van der Waals surface area contributed by atoms with Gasteiger partial charge in [0.15, 0.2) is 0 Å². The third-order valence-electron chi connectivity index (χ3n) is 4.12. The van der Waals surface area contributed by atoms with Gasteiger partial charge in [0, 0.05) is 24.2 Å². The molecule has 0 saturated heterocycles. The number of para-hydroxylation sites is 1. The summed E-state index contributed by atoms with van der Waals surface area (Å²) in [6.45, 7) is 4.20. The van der Waals surface area contributed by atoms with Crippen molar-refractivity contribution in [2.75, 3.05) is 20.7 Å². The lowest BCUT2D eigenvalue weighted by atomic mass is 10.1. The highest BCUT2D eigenvalue weighted by Crippen LogP contribution is 2.26. The molecule has 19 heavy (non-hydrogen) atoms. The quantitative estimate of drug-likeness (QED) is 0.853. The normalized spacial score (nSPS) is 22.9. The van der Waals surface area contributed by atoms with Crippen molar-refractivity contribution in [1.29, 1.82) is 0 Å². The number of hydrogen-bond donors (Lipinski definition) is 1. The van der Waals surface area contributed by atoms with Crippen molar-refractivity contribution in [1.82, 2.24) is 10.2 Å². The largest absolute Gasteiger partial charge is 0.496 e. The highest BCUT2D eigenvalue weighted by Gasteiger charge is 2.29. The summed E-state index contributed by atoms with van der Waals surface area (Å²) in [4.78, 5) is 2.47. The fraction of sp³-hybridized carbons (Fsp3) is 0.625. The molecule has 1 aromatic rings. The Morgan fingerprint density at radius 2 is 2.11 bits per heavy atom. The van der Waals surface area contributed by atoms with Gasteiger partial charge in [-0.15, -0.1) is 0 Å². The summed E-state index contributed by atoms with van der Waals surface area (Å²) < 4.78 is 5.44. The fourth-order valence-corrected chi connectivity index (χ4v) is 3.19. The van der Waals surface area contributed by atoms with Crippen LogP contribution in [0, 0.1) is 0 Å². The molecule has 1 aliphatic carbocycles. The van der Waals surface area contributed by atoms with E-state index in [1.54, 1.807) is 7.11 Å². The molecule has 0 aromatic heterocycles. The van der Waals surface area contributed by atoms with Gasteiger partial charge in [-0.25, -0.2) is 0 Å². The van der Waals surface area contributed by atoms with Crippen molar-refractivity contribution in [2.24, 2.45) is 0 Å². The van der Waals surface area contributed by atoms with Crippen LogP contribution in [-0.2, 0) is 6.54 Å². The average Bonchev–Trinajstić information content (AvgIpc) is 2.88. The number of hydrogen-bond acceptors (Lipinski definition) is 3. The van der Waals surface area contributed by atoms with E-state index in [2.05, 4.69) is 36.3 Å². The standard InChI is InChI=1S/C16H26N2O/c1-4-17-14-9-7-10-15(14)18(2)12-13-8-5-6-11-16(13)19-3/h5-6,8,11,14-15,17H,4,7,9-10,12H2,1-3H3. The summed E-state index contributed by atoms with van der Waals surface area (Å²) in [7, 11) is 3.97. The van der Waals surface area contributed by atoms with E-state index < -0.39 is 0 Å². The number of nitrogens with one attached hydrogen (secondary N) is 1. The molecule has 1 aliphatic rings. The molecular formula is C16H26N2O. The monoisotopic (exact) mass is 262 g/mol. The Kier molecular flexibility index (Phi) is 5.23. The predicted octanol–water partition coefficient (Wildman–Crippen LogP) is 2.66. The molecule has 2 rings (SSSR count). The zero-order valence-corrected chi connectivity index (χ0v) is 12.4. The predicted molar refractivity (Wildman–Crippen MR) is 79.6 cm³/mol. The summed E-state index contributed by atoms with van der Waals surface area (Å²) in [5.74, 6) is 0.993. The van der Waals surface area contributed by atoms with E-state index >= 15 is 0 Å². The van der Waals surface area contributed by atoms with Crippen molar-refractivity contribution < 1.29 is 4.74 Å². The Morgan fingerprint density at radius 1 is 1.32 bits per heavy atom. The minimum absolute atomic E-state index is 0.643. The molecule has 0 aliphatic heterocycles. The Labute approximate surface area is 116 Å². The SMILES string of the molecule is CCNC1CCCC1N(C)Cc1ccccc1OC. The van der Waals surface area contributed by atoms with Gasteiger partial charge in [-0.1, -0.05) is 31.5 Å². The molecular weight excluding hydrogens is 236 g/mol. The number of rotatable bonds is 6. The summed E-state index contributed by atoms with van der Waals surface area (Å²) in [6.07, 6.45) is 3.93. The zero-order valence-electron chi connectivity index (χ0n) is 12.4. The molecule has 0 radical (unpaired) electrons. The van der Waals surface area contributed by atoms with Crippen LogP contribution in [0.1, 0.15) is 31.7 Å². The molecule has 2 atom stereocenters. The van der Waals surface area contributed by atoms with Crippen LogP contribution in [0.25, 0.3) is 0 Å². The molecule has 106 valence electrons. The van der Waals surface area contributed by atoms with Gasteiger partial charge in [-0.05, 0) is 32.5 Å². The second-order valence-electron chi connectivity index (χ2n) is 5.39. The van der Waals surface area contributed by atoms with Crippen molar-refractivity contribution in [3.8, 4) is 5.75 Å². The smallest absolute Gasteiger partial charge is 0.123 e. The van der Waals surface area contributed by atoms with Crippen molar-refractivity contribution in [2.45, 2.75) is 44.8 Å². The van der Waals surface area contributed by atoms with Gasteiger partial charge in [0.25, 0.3) is 0 Å². The van der Waals surface area contributed by atoms with Gasteiger partial charge in [0.2, 0.25) is 0 Å². The lowest BCUT2D eigenvalue weighted by Gasteiger charge is -2.30. The third kappa shape index (κ3) is 3.48. The minimum atomic E-state index is 0.643. The van der Waals surface area contributed by atoms with Crippen molar-refractivity contribution in [3.63, 3.8) is 0 Å². The highest BCUT2D eigenvalue weighted by molar-refractivity contribution is 5.33. The number of likely N-dealkylation sites (N-methyl/N-ethyl adjacent to an activating group) is 2. The Morgan fingerprint density at radius 3 is 2.84 bits per heavy atom. The molecule has 3 heteroatoms. The molecule has 1 N–H and O–H groups in total. The number of methoxy groups -OCH3 is 1. The first kappa shape index (κ1) is 14.4. The van der Waals surface area contributed by atoms with Crippen LogP contribution in [0.15, 0.2) is 24.3 Å². The van der Waals surface area contributed by atoms with Gasteiger partial charge in [0.1, 0.15) is 5.75 Å². The van der Waals surface area contributed by atoms with Crippen LogP contribution < -0.4 is 10.1 Å². The average molecular weight is 262 g/mol. The van der Waals surface area contributed by atoms with Gasteiger partial charge < -0.3 is 10.1 Å². The number of nitrogens with zero attached hydrogens (tertiary/aromatic N) is 1. The van der Waals surface area contributed by atoms with Crippen LogP contribution in [0.5, 0.6) is 5.75 Å². The fourth-order valence-electron chi connectivity index (χ4n) is 3.19. The molecule has 3 nitrogen and oxygen atoms in total. The third-order valence-corrected chi connectivity index (χ3v) is 4.12. The molecule has 0 heterocycles. The first-order valence-electron chi connectivity index (χ1n) is 7.31. The van der Waals surface area contributed by atoms with Gasteiger partial charge in [-0.3, -0.25) is 4.90 Å². The summed E-state index contributed by atoms with van der Waals surface area (Å²) >= 11 is 0. The second kappa shape index (κ2) is 6.92. The molecule has 0 amide bonds. The topological polar surface area (TPSA) is 24.5 Å². The maximum absolute atomic E-state index is 5.44. The molecule has 0 spiro atoms. The minimum Gasteiger partial charge on any atom is -0.496 e. The van der Waals surface area contributed by atoms with Gasteiger partial charge in [-0.2, -0.15) is 0 Å². The van der Waals surface area contributed by atoms with Crippen molar-refractivity contribution >= 4 is 0 Å². The molecule has 1 saturated carbocycles. The first-order chi connectivity index (χ1) is 9.26. The van der Waals surface area contributed by atoms with Crippen LogP contribution >= 0.6 is 0 Å². The zero-order chi connectivity index (χ0) is 13.7. The Hall–Kier alpha value is -1.06. The molecule has 1 aromatic carbocycles. The molecule has 1 fully saturated rings. The van der Waals surface area contributed by atoms with Crippen LogP contribution in [-0.4, -0.2) is 37.7 Å². The lowest BCUT2D eigenvalue weighted by Crippen LogP contribution is -2.44.